The Kier molecular flexibility index (Phi) is 3.68. The van der Waals surface area contributed by atoms with Gasteiger partial charge in [-0.15, -0.1) is 0 Å². The fourth-order valence-electron chi connectivity index (χ4n) is 2.84. The Hall–Kier alpha value is -1.88. The van der Waals surface area contributed by atoms with Gasteiger partial charge in [-0.2, -0.15) is 0 Å². The van der Waals surface area contributed by atoms with Crippen molar-refractivity contribution in [1.29, 1.82) is 0 Å². The summed E-state index contributed by atoms with van der Waals surface area (Å²) in [5, 5.41) is 0.318. The fraction of sp³-hybridized carbons (Fsp3) is 0.400. The van der Waals surface area contributed by atoms with E-state index >= 15 is 0 Å². The second-order valence-corrected chi connectivity index (χ2v) is 5.71. The van der Waals surface area contributed by atoms with Gasteiger partial charge in [-0.25, -0.2) is 0 Å². The highest BCUT2D eigenvalue weighted by molar-refractivity contribution is 6.54. The Morgan fingerprint density at radius 3 is 2.57 bits per heavy atom. The zero-order chi connectivity index (χ0) is 15.0. The highest BCUT2D eigenvalue weighted by Crippen LogP contribution is 2.35. The molecule has 21 heavy (non-hydrogen) atoms. The molecule has 5 nitrogen and oxygen atoms in total. The van der Waals surface area contributed by atoms with E-state index in [0.717, 1.165) is 19.3 Å². The van der Waals surface area contributed by atoms with Crippen LogP contribution in [-0.2, 0) is 9.59 Å². The van der Waals surface area contributed by atoms with Crippen LogP contribution in [0.2, 0.25) is 5.02 Å². The van der Waals surface area contributed by atoms with Crippen molar-refractivity contribution in [2.75, 3.05) is 24.5 Å². The lowest BCUT2D eigenvalue weighted by Gasteiger charge is -2.28. The summed E-state index contributed by atoms with van der Waals surface area (Å²) in [6, 6.07) is 4.81. The Bertz CT molecular complexity index is 623. The number of amides is 2. The van der Waals surface area contributed by atoms with E-state index in [-0.39, 0.29) is 18.0 Å². The first-order chi connectivity index (χ1) is 10.1. The van der Waals surface area contributed by atoms with E-state index in [0.29, 0.717) is 23.8 Å². The molecule has 110 valence electrons. The summed E-state index contributed by atoms with van der Waals surface area (Å²) in [5.74, 6) is -1.41. The predicted octanol–water partition coefficient (Wildman–Crippen LogP) is 1.88. The molecule has 1 aromatic carbocycles. The number of para-hydroxylation sites is 1. The number of likely N-dealkylation sites (tertiary alicyclic amines) is 1. The highest BCUT2D eigenvalue weighted by atomic mass is 35.5. The number of anilines is 1. The normalized spacial score (nSPS) is 18.1. The molecule has 0 atom stereocenters. The van der Waals surface area contributed by atoms with Crippen LogP contribution in [0.5, 0.6) is 0 Å². The molecule has 0 aliphatic carbocycles. The molecule has 0 bridgehead atoms. The van der Waals surface area contributed by atoms with Crippen molar-refractivity contribution in [3.63, 3.8) is 0 Å². The van der Waals surface area contributed by atoms with Crippen LogP contribution < -0.4 is 4.90 Å². The van der Waals surface area contributed by atoms with E-state index in [1.807, 2.05) is 0 Å². The van der Waals surface area contributed by atoms with Crippen LogP contribution in [0.25, 0.3) is 0 Å². The smallest absolute Gasteiger partial charge is 0.300 e. The van der Waals surface area contributed by atoms with Gasteiger partial charge >= 0.3 is 0 Å². The Balaban J connectivity index is 1.84. The molecule has 2 heterocycles. The van der Waals surface area contributed by atoms with Gasteiger partial charge in [-0.1, -0.05) is 17.7 Å². The molecule has 1 fully saturated rings. The number of rotatable bonds is 2. The quantitative estimate of drug-likeness (QED) is 0.784. The summed E-state index contributed by atoms with van der Waals surface area (Å²) in [7, 11) is 0. The average Bonchev–Trinajstić information content (AvgIpc) is 2.74. The molecule has 6 heteroatoms. The molecule has 2 amide bonds. The summed E-state index contributed by atoms with van der Waals surface area (Å²) in [6.45, 7) is 1.30. The van der Waals surface area contributed by atoms with Crippen molar-refractivity contribution in [3.05, 3.63) is 28.8 Å². The molecule has 0 unspecified atom stereocenters. The van der Waals surface area contributed by atoms with Crippen LogP contribution in [0, 0.1) is 0 Å². The summed E-state index contributed by atoms with van der Waals surface area (Å²) < 4.78 is 0. The van der Waals surface area contributed by atoms with E-state index in [1.165, 1.54) is 4.90 Å². The van der Waals surface area contributed by atoms with E-state index in [9.17, 15) is 14.4 Å². The number of piperidine rings is 1. The Morgan fingerprint density at radius 1 is 1.14 bits per heavy atom. The number of hydrogen-bond acceptors (Lipinski definition) is 3. The molecule has 1 aromatic rings. The molecular formula is C15H15ClN2O3. The monoisotopic (exact) mass is 306 g/mol. The first-order valence-electron chi connectivity index (χ1n) is 7.02. The standard InChI is InChI=1S/C15H15ClN2O3/c16-11-6-4-5-10-13(11)18(15(21)14(10)20)9-12(19)17-7-2-1-3-8-17/h4-6H,1-3,7-9H2. The van der Waals surface area contributed by atoms with Crippen molar-refractivity contribution in [2.24, 2.45) is 0 Å². The minimum Gasteiger partial charge on any atom is -0.341 e. The summed E-state index contributed by atoms with van der Waals surface area (Å²) in [4.78, 5) is 39.3. The van der Waals surface area contributed by atoms with Crippen LogP contribution in [0.4, 0.5) is 5.69 Å². The van der Waals surface area contributed by atoms with E-state index in [4.69, 9.17) is 11.6 Å². The number of hydrogen-bond donors (Lipinski definition) is 0. The number of fused-ring (bicyclic) bond motifs is 1. The van der Waals surface area contributed by atoms with Crippen molar-refractivity contribution >= 4 is 34.9 Å². The van der Waals surface area contributed by atoms with E-state index in [2.05, 4.69) is 0 Å². The van der Waals surface area contributed by atoms with Crippen molar-refractivity contribution in [3.8, 4) is 0 Å². The molecule has 0 N–H and O–H groups in total. The number of halogens is 1. The molecule has 0 aromatic heterocycles. The predicted molar refractivity (Wildman–Crippen MR) is 78.6 cm³/mol. The van der Waals surface area contributed by atoms with Crippen molar-refractivity contribution in [1.82, 2.24) is 4.90 Å². The third-order valence-corrected chi connectivity index (χ3v) is 4.25. The molecule has 0 saturated carbocycles. The molecule has 2 aliphatic heterocycles. The lowest BCUT2D eigenvalue weighted by atomic mass is 10.1. The molecule has 1 saturated heterocycles. The van der Waals surface area contributed by atoms with E-state index < -0.39 is 11.7 Å². The van der Waals surface area contributed by atoms with Crippen LogP contribution >= 0.6 is 11.6 Å². The van der Waals surface area contributed by atoms with Crippen LogP contribution in [0.1, 0.15) is 29.6 Å². The highest BCUT2D eigenvalue weighted by Gasteiger charge is 2.38. The number of ketones is 1. The molecule has 3 rings (SSSR count). The Labute approximate surface area is 127 Å². The number of benzene rings is 1. The SMILES string of the molecule is O=C1C(=O)N(CC(=O)N2CCCCC2)c2c(Cl)cccc21. The average molecular weight is 307 g/mol. The van der Waals surface area contributed by atoms with Gasteiger partial charge < -0.3 is 4.90 Å². The number of carbonyl (C=O) groups is 3. The summed E-state index contributed by atoms with van der Waals surface area (Å²) >= 11 is 6.09. The lowest BCUT2D eigenvalue weighted by Crippen LogP contribution is -2.44. The second-order valence-electron chi connectivity index (χ2n) is 5.30. The second kappa shape index (κ2) is 5.48. The fourth-order valence-corrected chi connectivity index (χ4v) is 3.12. The maximum atomic E-state index is 12.3. The van der Waals surface area contributed by atoms with Crippen LogP contribution in [-0.4, -0.2) is 42.1 Å². The first kappa shape index (κ1) is 14.1. The zero-order valence-electron chi connectivity index (χ0n) is 11.5. The third kappa shape index (κ3) is 2.42. The van der Waals surface area contributed by atoms with Gasteiger partial charge in [0.05, 0.1) is 16.3 Å². The number of Topliss-reactive ketones (excluding diaryl/α,β-unsaturated/α-hetero) is 1. The van der Waals surface area contributed by atoms with Crippen molar-refractivity contribution < 1.29 is 14.4 Å². The zero-order valence-corrected chi connectivity index (χ0v) is 12.2. The van der Waals surface area contributed by atoms with Crippen LogP contribution in [0.15, 0.2) is 18.2 Å². The maximum absolute atomic E-state index is 12.3. The van der Waals surface area contributed by atoms with Crippen molar-refractivity contribution in [2.45, 2.75) is 19.3 Å². The van der Waals surface area contributed by atoms with Gasteiger partial charge in [0.1, 0.15) is 6.54 Å². The Morgan fingerprint density at radius 2 is 1.86 bits per heavy atom. The largest absolute Gasteiger partial charge is 0.341 e. The van der Waals surface area contributed by atoms with Gasteiger partial charge in [0.15, 0.2) is 0 Å². The van der Waals surface area contributed by atoms with Crippen LogP contribution in [0.3, 0.4) is 0 Å². The number of carbonyl (C=O) groups excluding carboxylic acids is 3. The summed E-state index contributed by atoms with van der Waals surface area (Å²) in [6.07, 6.45) is 3.09. The molecule has 2 aliphatic rings. The maximum Gasteiger partial charge on any atom is 0.300 e. The third-order valence-electron chi connectivity index (χ3n) is 3.94. The summed E-state index contributed by atoms with van der Waals surface area (Å²) in [5.41, 5.74) is 0.637. The molecular weight excluding hydrogens is 292 g/mol. The first-order valence-corrected chi connectivity index (χ1v) is 7.40. The number of nitrogens with zero attached hydrogens (tertiary/aromatic N) is 2. The van der Waals surface area contributed by atoms with Gasteiger partial charge in [-0.05, 0) is 31.4 Å². The van der Waals surface area contributed by atoms with Gasteiger partial charge in [0.25, 0.3) is 11.7 Å². The molecule has 0 spiro atoms. The topological polar surface area (TPSA) is 57.7 Å². The minimum atomic E-state index is -0.677. The lowest BCUT2D eigenvalue weighted by molar-refractivity contribution is -0.131. The van der Waals surface area contributed by atoms with E-state index in [1.54, 1.807) is 23.1 Å². The molecule has 0 radical (unpaired) electrons. The van der Waals surface area contributed by atoms with Gasteiger partial charge in [0.2, 0.25) is 5.91 Å². The minimum absolute atomic E-state index is 0.124. The van der Waals surface area contributed by atoms with Gasteiger partial charge in [0, 0.05) is 13.1 Å². The van der Waals surface area contributed by atoms with Gasteiger partial charge in [-0.3, -0.25) is 19.3 Å².